The number of carbonyl (C=O) groups excluding carboxylic acids is 1. The van der Waals surface area contributed by atoms with Gasteiger partial charge < -0.3 is 14.3 Å². The van der Waals surface area contributed by atoms with E-state index in [1.54, 1.807) is 19.1 Å². The molecule has 7 nitrogen and oxygen atoms in total. The molecule has 0 aliphatic rings. The molecule has 0 atom stereocenters. The molecular formula is C16H16N4O3S. The van der Waals surface area contributed by atoms with Crippen molar-refractivity contribution in [3.8, 4) is 0 Å². The van der Waals surface area contributed by atoms with E-state index in [0.29, 0.717) is 33.5 Å². The van der Waals surface area contributed by atoms with E-state index in [1.165, 1.54) is 18.9 Å². The Labute approximate surface area is 142 Å². The van der Waals surface area contributed by atoms with Gasteiger partial charge in [0.05, 0.1) is 12.7 Å². The standard InChI is InChI=1S/C16H16N4O3S/c1-9-17-13-12(14(21)18-9)19-16(20(13)2)24-8-10-4-6-11(7-5-10)15(22)23-3/h4-7H,8H2,1-3H3,(H,17,18,21). The highest BCUT2D eigenvalue weighted by molar-refractivity contribution is 7.98. The van der Waals surface area contributed by atoms with Crippen molar-refractivity contribution < 1.29 is 9.53 Å². The molecule has 0 radical (unpaired) electrons. The first-order valence-corrected chi connectivity index (χ1v) is 8.21. The van der Waals surface area contributed by atoms with Crippen LogP contribution in [-0.2, 0) is 17.5 Å². The zero-order valence-electron chi connectivity index (χ0n) is 13.5. The number of hydrogen-bond acceptors (Lipinski definition) is 6. The normalized spacial score (nSPS) is 11.0. The van der Waals surface area contributed by atoms with Gasteiger partial charge in [0.1, 0.15) is 5.82 Å². The minimum absolute atomic E-state index is 0.234. The number of carbonyl (C=O) groups is 1. The summed E-state index contributed by atoms with van der Waals surface area (Å²) in [5, 5.41) is 0.714. The number of rotatable bonds is 4. The molecule has 8 heteroatoms. The van der Waals surface area contributed by atoms with Crippen LogP contribution in [-0.4, -0.2) is 32.6 Å². The molecular weight excluding hydrogens is 328 g/mol. The van der Waals surface area contributed by atoms with Crippen molar-refractivity contribution in [3.63, 3.8) is 0 Å². The molecule has 0 amide bonds. The van der Waals surface area contributed by atoms with Crippen molar-refractivity contribution in [2.45, 2.75) is 17.8 Å². The van der Waals surface area contributed by atoms with Gasteiger partial charge in [0, 0.05) is 12.8 Å². The number of aromatic amines is 1. The second-order valence-corrected chi connectivity index (χ2v) is 6.20. The predicted molar refractivity (Wildman–Crippen MR) is 91.2 cm³/mol. The van der Waals surface area contributed by atoms with Crippen molar-refractivity contribution >= 4 is 28.9 Å². The molecule has 0 spiro atoms. The number of hydrogen-bond donors (Lipinski definition) is 1. The van der Waals surface area contributed by atoms with Gasteiger partial charge in [-0.2, -0.15) is 0 Å². The molecule has 0 fully saturated rings. The third-order valence-electron chi connectivity index (χ3n) is 3.55. The molecule has 1 N–H and O–H groups in total. The zero-order valence-corrected chi connectivity index (χ0v) is 14.3. The molecule has 1 aromatic carbocycles. The Bertz CT molecular complexity index is 960. The first-order chi connectivity index (χ1) is 11.5. The lowest BCUT2D eigenvalue weighted by Crippen LogP contribution is -2.10. The van der Waals surface area contributed by atoms with E-state index >= 15 is 0 Å². The van der Waals surface area contributed by atoms with Gasteiger partial charge in [-0.25, -0.2) is 14.8 Å². The van der Waals surface area contributed by atoms with Crippen LogP contribution in [0.15, 0.2) is 34.2 Å². The number of nitrogens with zero attached hydrogens (tertiary/aromatic N) is 3. The third kappa shape index (κ3) is 3.05. The molecule has 2 aromatic heterocycles. The van der Waals surface area contributed by atoms with Crippen LogP contribution in [0, 0.1) is 6.92 Å². The number of ether oxygens (including phenoxy) is 1. The number of esters is 1. The van der Waals surface area contributed by atoms with Gasteiger partial charge in [0.25, 0.3) is 5.56 Å². The molecule has 0 saturated carbocycles. The first kappa shape index (κ1) is 16.3. The molecule has 3 rings (SSSR count). The van der Waals surface area contributed by atoms with Gasteiger partial charge >= 0.3 is 5.97 Å². The minimum atomic E-state index is -0.356. The van der Waals surface area contributed by atoms with Crippen molar-refractivity contribution in [2.24, 2.45) is 7.05 Å². The SMILES string of the molecule is COC(=O)c1ccc(CSc2nc3c(=O)[nH]c(C)nc3n2C)cc1. The number of aromatic nitrogens is 4. The van der Waals surface area contributed by atoms with Crippen LogP contribution < -0.4 is 5.56 Å². The number of methoxy groups -OCH3 is 1. The molecule has 0 aliphatic heterocycles. The predicted octanol–water partition coefficient (Wildman–Crippen LogP) is 2.04. The van der Waals surface area contributed by atoms with Crippen LogP contribution in [0.1, 0.15) is 21.7 Å². The molecule has 0 saturated heterocycles. The van der Waals surface area contributed by atoms with Gasteiger partial charge in [0.2, 0.25) is 0 Å². The maximum Gasteiger partial charge on any atom is 0.337 e. The number of nitrogens with one attached hydrogen (secondary N) is 1. The number of imidazole rings is 1. The average Bonchev–Trinajstić information content (AvgIpc) is 2.89. The summed E-state index contributed by atoms with van der Waals surface area (Å²) in [6.07, 6.45) is 0. The van der Waals surface area contributed by atoms with Crippen LogP contribution in [0.2, 0.25) is 0 Å². The fraction of sp³-hybridized carbons (Fsp3) is 0.250. The topological polar surface area (TPSA) is 89.9 Å². The second-order valence-electron chi connectivity index (χ2n) is 5.25. The Morgan fingerprint density at radius 1 is 1.29 bits per heavy atom. The van der Waals surface area contributed by atoms with E-state index < -0.39 is 0 Å². The maximum atomic E-state index is 11.9. The van der Waals surface area contributed by atoms with Gasteiger partial charge in [-0.05, 0) is 24.6 Å². The van der Waals surface area contributed by atoms with E-state index in [4.69, 9.17) is 0 Å². The Morgan fingerprint density at radius 2 is 2.00 bits per heavy atom. The fourth-order valence-electron chi connectivity index (χ4n) is 2.29. The average molecular weight is 344 g/mol. The Balaban J connectivity index is 1.81. The monoisotopic (exact) mass is 344 g/mol. The molecule has 2 heterocycles. The summed E-state index contributed by atoms with van der Waals surface area (Å²) < 4.78 is 6.49. The van der Waals surface area contributed by atoms with Crippen LogP contribution in [0.5, 0.6) is 0 Å². The van der Waals surface area contributed by atoms with E-state index in [-0.39, 0.29) is 11.5 Å². The van der Waals surface area contributed by atoms with Gasteiger partial charge in [0.15, 0.2) is 16.3 Å². The minimum Gasteiger partial charge on any atom is -0.465 e. The van der Waals surface area contributed by atoms with Crippen molar-refractivity contribution in [1.82, 2.24) is 19.5 Å². The zero-order chi connectivity index (χ0) is 17.3. The largest absolute Gasteiger partial charge is 0.465 e. The number of aryl methyl sites for hydroxylation is 2. The fourth-order valence-corrected chi connectivity index (χ4v) is 3.22. The molecule has 3 aromatic rings. The van der Waals surface area contributed by atoms with Crippen molar-refractivity contribution in [1.29, 1.82) is 0 Å². The molecule has 0 bridgehead atoms. The number of benzene rings is 1. The molecule has 124 valence electrons. The van der Waals surface area contributed by atoms with E-state index in [1.807, 2.05) is 23.7 Å². The Morgan fingerprint density at radius 3 is 2.67 bits per heavy atom. The highest BCUT2D eigenvalue weighted by Crippen LogP contribution is 2.24. The van der Waals surface area contributed by atoms with Crippen LogP contribution in [0.3, 0.4) is 0 Å². The van der Waals surface area contributed by atoms with Crippen LogP contribution in [0.4, 0.5) is 0 Å². The summed E-state index contributed by atoms with van der Waals surface area (Å²) in [4.78, 5) is 34.7. The summed E-state index contributed by atoms with van der Waals surface area (Å²) in [5.74, 6) is 0.867. The van der Waals surface area contributed by atoms with Crippen LogP contribution >= 0.6 is 11.8 Å². The quantitative estimate of drug-likeness (QED) is 0.575. The lowest BCUT2D eigenvalue weighted by molar-refractivity contribution is 0.0600. The van der Waals surface area contributed by atoms with Gasteiger partial charge in [-0.3, -0.25) is 4.79 Å². The van der Waals surface area contributed by atoms with Gasteiger partial charge in [-0.15, -0.1) is 0 Å². The Kier molecular flexibility index (Phi) is 4.39. The maximum absolute atomic E-state index is 11.9. The molecule has 24 heavy (non-hydrogen) atoms. The van der Waals surface area contributed by atoms with Crippen molar-refractivity contribution in [2.75, 3.05) is 7.11 Å². The van der Waals surface area contributed by atoms with E-state index in [0.717, 1.165) is 5.56 Å². The summed E-state index contributed by atoms with van der Waals surface area (Å²) in [6, 6.07) is 7.20. The number of fused-ring (bicyclic) bond motifs is 1. The summed E-state index contributed by atoms with van der Waals surface area (Å²) in [7, 11) is 3.19. The first-order valence-electron chi connectivity index (χ1n) is 7.23. The smallest absolute Gasteiger partial charge is 0.337 e. The second kappa shape index (κ2) is 6.48. The number of thioether (sulfide) groups is 1. The summed E-state index contributed by atoms with van der Waals surface area (Å²) in [6.45, 7) is 1.74. The Hall–Kier alpha value is -2.61. The number of H-pyrrole nitrogens is 1. The molecule has 0 aliphatic carbocycles. The van der Waals surface area contributed by atoms with Gasteiger partial charge in [-0.1, -0.05) is 23.9 Å². The lowest BCUT2D eigenvalue weighted by atomic mass is 10.1. The highest BCUT2D eigenvalue weighted by atomic mass is 32.2. The third-order valence-corrected chi connectivity index (χ3v) is 4.65. The van der Waals surface area contributed by atoms with Crippen molar-refractivity contribution in [3.05, 3.63) is 51.6 Å². The highest BCUT2D eigenvalue weighted by Gasteiger charge is 2.13. The van der Waals surface area contributed by atoms with E-state index in [9.17, 15) is 9.59 Å². The lowest BCUT2D eigenvalue weighted by Gasteiger charge is -2.04. The summed E-state index contributed by atoms with van der Waals surface area (Å²) >= 11 is 1.50. The molecule has 0 unspecified atom stereocenters. The summed E-state index contributed by atoms with van der Waals surface area (Å²) in [5.41, 5.74) is 2.23. The van der Waals surface area contributed by atoms with Crippen LogP contribution in [0.25, 0.3) is 11.2 Å². The van der Waals surface area contributed by atoms with E-state index in [2.05, 4.69) is 19.7 Å².